The lowest BCUT2D eigenvalue weighted by molar-refractivity contribution is -0.136. The number of nitrogens with zero attached hydrogens (tertiary/aromatic N) is 3. The van der Waals surface area contributed by atoms with Gasteiger partial charge in [0, 0.05) is 18.9 Å². The van der Waals surface area contributed by atoms with Crippen LogP contribution in [0.15, 0.2) is 54.9 Å². The molecule has 29 heavy (non-hydrogen) atoms. The Kier molecular flexibility index (Phi) is 5.74. The molecule has 1 atom stereocenters. The predicted molar refractivity (Wildman–Crippen MR) is 108 cm³/mol. The first kappa shape index (κ1) is 19.0. The van der Waals surface area contributed by atoms with Crippen LogP contribution in [0.2, 0.25) is 0 Å². The maximum Gasteiger partial charge on any atom is 0.278 e. The second-order valence-corrected chi connectivity index (χ2v) is 6.89. The number of benzene rings is 2. The van der Waals surface area contributed by atoms with Crippen LogP contribution in [0.3, 0.4) is 0 Å². The SMILES string of the molecule is COc1nccnc1OC1CCCN(C(=O)COc2ccc3ccccc3c2)C1. The summed E-state index contributed by atoms with van der Waals surface area (Å²) >= 11 is 0. The fourth-order valence-corrected chi connectivity index (χ4v) is 3.45. The van der Waals surface area contributed by atoms with Crippen LogP contribution in [0.4, 0.5) is 0 Å². The molecule has 0 saturated carbocycles. The van der Waals surface area contributed by atoms with E-state index in [1.807, 2.05) is 42.5 Å². The van der Waals surface area contributed by atoms with Crippen molar-refractivity contribution in [2.45, 2.75) is 18.9 Å². The number of methoxy groups -OCH3 is 1. The molecule has 1 aliphatic heterocycles. The van der Waals surface area contributed by atoms with Crippen molar-refractivity contribution < 1.29 is 19.0 Å². The van der Waals surface area contributed by atoms with Gasteiger partial charge in [0.05, 0.1) is 13.7 Å². The summed E-state index contributed by atoms with van der Waals surface area (Å²) in [5, 5.41) is 2.23. The number of likely N-dealkylation sites (tertiary alicyclic amines) is 1. The molecular formula is C22H23N3O4. The smallest absolute Gasteiger partial charge is 0.278 e. The Morgan fingerprint density at radius 1 is 1.10 bits per heavy atom. The lowest BCUT2D eigenvalue weighted by Crippen LogP contribution is -2.46. The van der Waals surface area contributed by atoms with E-state index in [2.05, 4.69) is 9.97 Å². The molecule has 2 heterocycles. The van der Waals surface area contributed by atoms with Crippen molar-refractivity contribution in [3.63, 3.8) is 0 Å². The van der Waals surface area contributed by atoms with Crippen molar-refractivity contribution in [1.82, 2.24) is 14.9 Å². The van der Waals surface area contributed by atoms with Crippen molar-refractivity contribution in [2.24, 2.45) is 0 Å². The van der Waals surface area contributed by atoms with Gasteiger partial charge in [-0.1, -0.05) is 30.3 Å². The van der Waals surface area contributed by atoms with Gasteiger partial charge in [-0.05, 0) is 35.7 Å². The molecule has 1 amide bonds. The number of ether oxygens (including phenoxy) is 3. The molecule has 2 aromatic carbocycles. The van der Waals surface area contributed by atoms with E-state index in [0.717, 1.165) is 23.6 Å². The summed E-state index contributed by atoms with van der Waals surface area (Å²) < 4.78 is 16.9. The monoisotopic (exact) mass is 393 g/mol. The zero-order valence-corrected chi connectivity index (χ0v) is 16.3. The molecule has 3 aromatic rings. The summed E-state index contributed by atoms with van der Waals surface area (Å²) in [6.07, 6.45) is 4.65. The van der Waals surface area contributed by atoms with Crippen LogP contribution in [0, 0.1) is 0 Å². The highest BCUT2D eigenvalue weighted by atomic mass is 16.5. The van der Waals surface area contributed by atoms with Gasteiger partial charge >= 0.3 is 0 Å². The first-order valence-corrected chi connectivity index (χ1v) is 9.64. The third kappa shape index (κ3) is 4.56. The first-order chi connectivity index (χ1) is 14.2. The van der Waals surface area contributed by atoms with Crippen LogP contribution in [0.5, 0.6) is 17.5 Å². The van der Waals surface area contributed by atoms with E-state index in [-0.39, 0.29) is 18.6 Å². The fraction of sp³-hybridized carbons (Fsp3) is 0.318. The number of rotatable bonds is 6. The molecule has 150 valence electrons. The van der Waals surface area contributed by atoms with Crippen LogP contribution in [-0.2, 0) is 4.79 Å². The van der Waals surface area contributed by atoms with E-state index < -0.39 is 0 Å². The van der Waals surface area contributed by atoms with Crippen LogP contribution in [0.1, 0.15) is 12.8 Å². The topological polar surface area (TPSA) is 73.8 Å². The number of hydrogen-bond acceptors (Lipinski definition) is 6. The highest BCUT2D eigenvalue weighted by molar-refractivity contribution is 5.84. The van der Waals surface area contributed by atoms with Gasteiger partial charge in [-0.2, -0.15) is 0 Å². The highest BCUT2D eigenvalue weighted by Gasteiger charge is 2.26. The van der Waals surface area contributed by atoms with Gasteiger partial charge in [-0.25, -0.2) is 9.97 Å². The van der Waals surface area contributed by atoms with Crippen LogP contribution < -0.4 is 14.2 Å². The molecule has 1 unspecified atom stereocenters. The van der Waals surface area contributed by atoms with Crippen LogP contribution in [0.25, 0.3) is 10.8 Å². The molecule has 0 N–H and O–H groups in total. The minimum Gasteiger partial charge on any atom is -0.484 e. The summed E-state index contributed by atoms with van der Waals surface area (Å²) in [7, 11) is 1.53. The minimum absolute atomic E-state index is 0.000472. The highest BCUT2D eigenvalue weighted by Crippen LogP contribution is 2.24. The van der Waals surface area contributed by atoms with Crippen molar-refractivity contribution in [3.05, 3.63) is 54.9 Å². The Morgan fingerprint density at radius 2 is 1.90 bits per heavy atom. The van der Waals surface area contributed by atoms with Gasteiger partial charge in [-0.3, -0.25) is 4.79 Å². The van der Waals surface area contributed by atoms with E-state index in [4.69, 9.17) is 14.2 Å². The molecule has 4 rings (SSSR count). The summed E-state index contributed by atoms with van der Waals surface area (Å²) in [4.78, 5) is 22.7. The lowest BCUT2D eigenvalue weighted by Gasteiger charge is -2.32. The molecule has 1 fully saturated rings. The average molecular weight is 393 g/mol. The van der Waals surface area contributed by atoms with E-state index in [0.29, 0.717) is 30.6 Å². The number of carbonyl (C=O) groups is 1. The molecular weight excluding hydrogens is 370 g/mol. The number of carbonyl (C=O) groups excluding carboxylic acids is 1. The number of fused-ring (bicyclic) bond motifs is 1. The third-order valence-corrected chi connectivity index (χ3v) is 4.92. The van der Waals surface area contributed by atoms with Crippen molar-refractivity contribution >= 4 is 16.7 Å². The van der Waals surface area contributed by atoms with Gasteiger partial charge < -0.3 is 19.1 Å². The Bertz CT molecular complexity index is 994. The second kappa shape index (κ2) is 8.77. The van der Waals surface area contributed by atoms with Gasteiger partial charge in [0.15, 0.2) is 6.61 Å². The molecule has 0 bridgehead atoms. The molecule has 1 saturated heterocycles. The Labute approximate surface area is 169 Å². The number of hydrogen-bond donors (Lipinski definition) is 0. The summed E-state index contributed by atoms with van der Waals surface area (Å²) in [6.45, 7) is 1.18. The lowest BCUT2D eigenvalue weighted by atomic mass is 10.1. The maximum absolute atomic E-state index is 12.6. The van der Waals surface area contributed by atoms with Crippen molar-refractivity contribution in [2.75, 3.05) is 26.8 Å². The molecule has 7 heteroatoms. The maximum atomic E-state index is 12.6. The predicted octanol–water partition coefficient (Wildman–Crippen LogP) is 3.09. The molecule has 0 aliphatic carbocycles. The Balaban J connectivity index is 1.34. The van der Waals surface area contributed by atoms with E-state index >= 15 is 0 Å². The van der Waals surface area contributed by atoms with Crippen LogP contribution in [-0.4, -0.2) is 53.7 Å². The van der Waals surface area contributed by atoms with Gasteiger partial charge in [0.1, 0.15) is 11.9 Å². The largest absolute Gasteiger partial charge is 0.484 e. The van der Waals surface area contributed by atoms with Crippen LogP contribution >= 0.6 is 0 Å². The zero-order valence-electron chi connectivity index (χ0n) is 16.3. The summed E-state index contributed by atoms with van der Waals surface area (Å²) in [5.41, 5.74) is 0. The number of piperidine rings is 1. The third-order valence-electron chi connectivity index (χ3n) is 4.92. The van der Waals surface area contributed by atoms with Crippen molar-refractivity contribution in [3.8, 4) is 17.5 Å². The second-order valence-electron chi connectivity index (χ2n) is 6.89. The summed E-state index contributed by atoms with van der Waals surface area (Å²) in [5.74, 6) is 1.32. The molecule has 0 spiro atoms. The van der Waals surface area contributed by atoms with Crippen molar-refractivity contribution in [1.29, 1.82) is 0 Å². The molecule has 0 radical (unpaired) electrons. The van der Waals surface area contributed by atoms with Gasteiger partial charge in [0.2, 0.25) is 0 Å². The van der Waals surface area contributed by atoms with Gasteiger partial charge in [0.25, 0.3) is 17.7 Å². The molecule has 1 aliphatic rings. The number of amides is 1. The number of aromatic nitrogens is 2. The zero-order chi connectivity index (χ0) is 20.1. The Morgan fingerprint density at radius 3 is 2.72 bits per heavy atom. The summed E-state index contributed by atoms with van der Waals surface area (Å²) in [6, 6.07) is 13.9. The standard InChI is InChI=1S/C22H23N3O4/c1-27-21-22(24-11-10-23-21)29-19-7-4-12-25(14-19)20(26)15-28-18-9-8-16-5-2-3-6-17(16)13-18/h2-3,5-6,8-11,13,19H,4,7,12,14-15H2,1H3. The molecule has 1 aromatic heterocycles. The minimum atomic E-state index is -0.154. The molecule has 7 nitrogen and oxygen atoms in total. The van der Waals surface area contributed by atoms with E-state index in [1.54, 1.807) is 17.3 Å². The Hall–Kier alpha value is -3.35. The van der Waals surface area contributed by atoms with Gasteiger partial charge in [-0.15, -0.1) is 0 Å². The first-order valence-electron chi connectivity index (χ1n) is 9.64. The average Bonchev–Trinajstić information content (AvgIpc) is 2.78. The van der Waals surface area contributed by atoms with E-state index in [1.165, 1.54) is 7.11 Å². The van der Waals surface area contributed by atoms with E-state index in [9.17, 15) is 4.79 Å². The fourth-order valence-electron chi connectivity index (χ4n) is 3.45. The normalized spacial score (nSPS) is 16.4. The quantitative estimate of drug-likeness (QED) is 0.641.